The lowest BCUT2D eigenvalue weighted by Crippen LogP contribution is -2.31. The second-order valence-electron chi connectivity index (χ2n) is 5.48. The number of hydrogen-bond donors (Lipinski definition) is 1. The van der Waals surface area contributed by atoms with Crippen LogP contribution < -0.4 is 5.32 Å². The predicted molar refractivity (Wildman–Crippen MR) is 75.0 cm³/mol. The van der Waals surface area contributed by atoms with Crippen molar-refractivity contribution in [3.05, 3.63) is 15.6 Å². The third kappa shape index (κ3) is 3.31. The van der Waals surface area contributed by atoms with E-state index in [1.54, 1.807) is 0 Å². The average Bonchev–Trinajstić information content (AvgIpc) is 2.67. The number of aromatic nitrogens is 1. The van der Waals surface area contributed by atoms with Gasteiger partial charge in [0.25, 0.3) is 5.91 Å². The van der Waals surface area contributed by atoms with Gasteiger partial charge < -0.3 is 5.32 Å². The molecule has 3 nitrogen and oxygen atoms in total. The van der Waals surface area contributed by atoms with Gasteiger partial charge in [0.15, 0.2) is 0 Å². The molecule has 0 bridgehead atoms. The minimum atomic E-state index is 0.0525. The second kappa shape index (κ2) is 5.83. The number of rotatable bonds is 3. The average molecular weight is 266 g/mol. The summed E-state index contributed by atoms with van der Waals surface area (Å²) in [5.74, 6) is 1.58. The summed E-state index contributed by atoms with van der Waals surface area (Å²) < 4.78 is 0. The molecule has 1 aliphatic carbocycles. The first-order chi connectivity index (χ1) is 8.56. The Hall–Kier alpha value is -0.900. The van der Waals surface area contributed by atoms with Crippen LogP contribution in [0.2, 0.25) is 0 Å². The second-order valence-corrected chi connectivity index (χ2v) is 6.69. The highest BCUT2D eigenvalue weighted by Crippen LogP contribution is 2.27. The molecule has 2 rings (SSSR count). The molecule has 0 aliphatic heterocycles. The number of carbonyl (C=O) groups is 1. The summed E-state index contributed by atoms with van der Waals surface area (Å²) in [6.07, 6.45) is 5.11. The molecular weight excluding hydrogens is 244 g/mol. The van der Waals surface area contributed by atoms with Crippen LogP contribution >= 0.6 is 11.3 Å². The molecule has 1 aromatic heterocycles. The van der Waals surface area contributed by atoms with E-state index in [-0.39, 0.29) is 5.91 Å². The summed E-state index contributed by atoms with van der Waals surface area (Å²) in [6.45, 7) is 6.98. The summed E-state index contributed by atoms with van der Waals surface area (Å²) in [5, 5.41) is 4.03. The number of aryl methyl sites for hydroxylation is 2. The molecular formula is C14H22N2OS. The first kappa shape index (κ1) is 13.5. The van der Waals surface area contributed by atoms with Crippen LogP contribution in [-0.2, 0) is 0 Å². The van der Waals surface area contributed by atoms with E-state index in [0.29, 0.717) is 5.92 Å². The van der Waals surface area contributed by atoms with Gasteiger partial charge in [-0.1, -0.05) is 19.8 Å². The van der Waals surface area contributed by atoms with Crippen LogP contribution in [-0.4, -0.2) is 17.4 Å². The molecule has 1 saturated carbocycles. The van der Waals surface area contributed by atoms with Gasteiger partial charge in [0.1, 0.15) is 4.88 Å². The maximum absolute atomic E-state index is 12.0. The number of amides is 1. The number of carbonyl (C=O) groups excluding carboxylic acids is 1. The molecule has 0 spiro atoms. The van der Waals surface area contributed by atoms with Crippen molar-refractivity contribution in [3.63, 3.8) is 0 Å². The van der Waals surface area contributed by atoms with Crippen LogP contribution in [0.5, 0.6) is 0 Å². The number of thiazole rings is 1. The van der Waals surface area contributed by atoms with Gasteiger partial charge in [0, 0.05) is 6.54 Å². The monoisotopic (exact) mass is 266 g/mol. The predicted octanol–water partition coefficient (Wildman–Crippen LogP) is 3.32. The van der Waals surface area contributed by atoms with Crippen molar-refractivity contribution in [3.8, 4) is 0 Å². The van der Waals surface area contributed by atoms with Gasteiger partial charge in [-0.2, -0.15) is 0 Å². The lowest BCUT2D eigenvalue weighted by molar-refractivity contribution is 0.0945. The molecule has 1 aliphatic rings. The van der Waals surface area contributed by atoms with Crippen molar-refractivity contribution in [2.75, 3.05) is 6.54 Å². The molecule has 1 aromatic rings. The van der Waals surface area contributed by atoms with Gasteiger partial charge in [-0.05, 0) is 38.5 Å². The fraction of sp³-hybridized carbons (Fsp3) is 0.714. The van der Waals surface area contributed by atoms with Gasteiger partial charge >= 0.3 is 0 Å². The van der Waals surface area contributed by atoms with E-state index in [2.05, 4.69) is 17.2 Å². The Bertz CT molecular complexity index is 419. The Morgan fingerprint density at radius 2 is 2.00 bits per heavy atom. The first-order valence-electron chi connectivity index (χ1n) is 6.78. The first-order valence-corrected chi connectivity index (χ1v) is 7.60. The molecule has 4 heteroatoms. The van der Waals surface area contributed by atoms with Crippen molar-refractivity contribution in [1.29, 1.82) is 0 Å². The fourth-order valence-electron chi connectivity index (χ4n) is 2.59. The SMILES string of the molecule is Cc1nc(C)c(C(=O)NCC2CCC(C)CC2)s1. The molecule has 0 radical (unpaired) electrons. The summed E-state index contributed by atoms with van der Waals surface area (Å²) in [7, 11) is 0. The zero-order valence-electron chi connectivity index (χ0n) is 11.5. The third-order valence-corrected chi connectivity index (χ3v) is 4.87. The van der Waals surface area contributed by atoms with Crippen LogP contribution in [0.3, 0.4) is 0 Å². The highest BCUT2D eigenvalue weighted by molar-refractivity contribution is 7.13. The van der Waals surface area contributed by atoms with E-state index >= 15 is 0 Å². The van der Waals surface area contributed by atoms with Crippen LogP contribution in [0, 0.1) is 25.7 Å². The van der Waals surface area contributed by atoms with Crippen LogP contribution in [0.25, 0.3) is 0 Å². The quantitative estimate of drug-likeness (QED) is 0.912. The van der Waals surface area contributed by atoms with E-state index in [0.717, 1.165) is 28.0 Å². The van der Waals surface area contributed by atoms with E-state index in [1.165, 1.54) is 37.0 Å². The van der Waals surface area contributed by atoms with Crippen LogP contribution in [0.1, 0.15) is 53.0 Å². The van der Waals surface area contributed by atoms with Gasteiger partial charge in [-0.3, -0.25) is 4.79 Å². The Labute approximate surface area is 113 Å². The molecule has 1 N–H and O–H groups in total. The van der Waals surface area contributed by atoms with Gasteiger partial charge in [-0.25, -0.2) is 4.98 Å². The van der Waals surface area contributed by atoms with Crippen molar-refractivity contribution in [1.82, 2.24) is 10.3 Å². The Kier molecular flexibility index (Phi) is 4.38. The Balaban J connectivity index is 1.83. The molecule has 100 valence electrons. The van der Waals surface area contributed by atoms with Crippen molar-refractivity contribution >= 4 is 17.2 Å². The van der Waals surface area contributed by atoms with E-state index in [4.69, 9.17) is 0 Å². The summed E-state index contributed by atoms with van der Waals surface area (Å²) in [6, 6.07) is 0. The van der Waals surface area contributed by atoms with Crippen molar-refractivity contribution < 1.29 is 4.79 Å². The maximum atomic E-state index is 12.0. The minimum Gasteiger partial charge on any atom is -0.351 e. The number of nitrogens with one attached hydrogen (secondary N) is 1. The summed E-state index contributed by atoms with van der Waals surface area (Å²) in [4.78, 5) is 17.1. The zero-order chi connectivity index (χ0) is 13.1. The summed E-state index contributed by atoms with van der Waals surface area (Å²) >= 11 is 1.49. The largest absolute Gasteiger partial charge is 0.351 e. The van der Waals surface area contributed by atoms with Gasteiger partial charge in [0.05, 0.1) is 10.7 Å². The van der Waals surface area contributed by atoms with E-state index < -0.39 is 0 Å². The fourth-order valence-corrected chi connectivity index (χ4v) is 3.43. The van der Waals surface area contributed by atoms with Gasteiger partial charge in [-0.15, -0.1) is 11.3 Å². The molecule has 1 fully saturated rings. The topological polar surface area (TPSA) is 42.0 Å². The zero-order valence-corrected chi connectivity index (χ0v) is 12.3. The molecule has 0 aromatic carbocycles. The number of hydrogen-bond acceptors (Lipinski definition) is 3. The van der Waals surface area contributed by atoms with E-state index in [1.807, 2.05) is 13.8 Å². The Morgan fingerprint density at radius 3 is 2.56 bits per heavy atom. The molecule has 0 unspecified atom stereocenters. The highest BCUT2D eigenvalue weighted by atomic mass is 32.1. The molecule has 18 heavy (non-hydrogen) atoms. The highest BCUT2D eigenvalue weighted by Gasteiger charge is 2.20. The number of nitrogens with zero attached hydrogens (tertiary/aromatic N) is 1. The molecule has 0 atom stereocenters. The third-order valence-electron chi connectivity index (χ3n) is 3.80. The molecule has 1 amide bonds. The standard InChI is InChI=1S/C14H22N2OS/c1-9-4-6-12(7-5-9)8-15-14(17)13-10(2)16-11(3)18-13/h9,12H,4-8H2,1-3H3,(H,15,17). The lowest BCUT2D eigenvalue weighted by Gasteiger charge is -2.26. The molecule has 0 saturated heterocycles. The maximum Gasteiger partial charge on any atom is 0.263 e. The Morgan fingerprint density at radius 1 is 1.33 bits per heavy atom. The molecule has 1 heterocycles. The lowest BCUT2D eigenvalue weighted by atomic mass is 9.83. The van der Waals surface area contributed by atoms with E-state index in [9.17, 15) is 4.79 Å². The smallest absolute Gasteiger partial charge is 0.263 e. The normalized spacial score (nSPS) is 23.9. The summed E-state index contributed by atoms with van der Waals surface area (Å²) in [5.41, 5.74) is 0.854. The van der Waals surface area contributed by atoms with Crippen LogP contribution in [0.4, 0.5) is 0 Å². The van der Waals surface area contributed by atoms with Crippen molar-refractivity contribution in [2.45, 2.75) is 46.5 Å². The van der Waals surface area contributed by atoms with Gasteiger partial charge in [0.2, 0.25) is 0 Å². The minimum absolute atomic E-state index is 0.0525. The van der Waals surface area contributed by atoms with Crippen LogP contribution in [0.15, 0.2) is 0 Å². The van der Waals surface area contributed by atoms with Crippen molar-refractivity contribution in [2.24, 2.45) is 11.8 Å².